The summed E-state index contributed by atoms with van der Waals surface area (Å²) < 4.78 is 54.9. The number of rotatable bonds is 8. The molecular weight excluding hydrogens is 477 g/mol. The van der Waals surface area contributed by atoms with Gasteiger partial charge in [-0.1, -0.05) is 13.8 Å². The first kappa shape index (κ1) is 24.7. The summed E-state index contributed by atoms with van der Waals surface area (Å²) in [6, 6.07) is 5.33. The fraction of sp³-hybridized carbons (Fsp3) is 0.435. The molecule has 0 atom stereocenters. The predicted molar refractivity (Wildman–Crippen MR) is 128 cm³/mol. The van der Waals surface area contributed by atoms with E-state index in [9.17, 15) is 12.8 Å². The molecule has 4 rings (SSSR count). The number of nitrogens with one attached hydrogen (secondary N) is 1. The molecule has 10 nitrogen and oxygen atoms in total. The third-order valence-electron chi connectivity index (χ3n) is 5.64. The molecular formula is C23H28FN5O5S. The zero-order valence-electron chi connectivity index (χ0n) is 20.0. The van der Waals surface area contributed by atoms with Crippen LogP contribution in [0.3, 0.4) is 0 Å². The van der Waals surface area contributed by atoms with Crippen molar-refractivity contribution in [2.24, 2.45) is 0 Å². The number of methoxy groups -OCH3 is 1. The van der Waals surface area contributed by atoms with Crippen LogP contribution in [-0.2, 0) is 9.84 Å². The van der Waals surface area contributed by atoms with Gasteiger partial charge in [-0.3, -0.25) is 0 Å². The van der Waals surface area contributed by atoms with Crippen LogP contribution in [0.1, 0.15) is 38.5 Å². The third-order valence-corrected chi connectivity index (χ3v) is 6.75. The molecule has 0 spiro atoms. The lowest BCUT2D eigenvalue weighted by Gasteiger charge is -2.31. The van der Waals surface area contributed by atoms with Gasteiger partial charge >= 0.3 is 0 Å². The molecule has 1 fully saturated rings. The Morgan fingerprint density at radius 3 is 2.57 bits per heavy atom. The number of benzene rings is 1. The highest BCUT2D eigenvalue weighted by molar-refractivity contribution is 7.90. The molecule has 0 aliphatic carbocycles. The van der Waals surface area contributed by atoms with Crippen molar-refractivity contribution >= 4 is 27.3 Å². The topological polar surface area (TPSA) is 120 Å². The van der Waals surface area contributed by atoms with Gasteiger partial charge in [-0.05, 0) is 23.4 Å². The number of nitrogens with zero attached hydrogens (tertiary/aromatic N) is 4. The summed E-state index contributed by atoms with van der Waals surface area (Å²) in [5, 5.41) is 6.94. The van der Waals surface area contributed by atoms with Crippen molar-refractivity contribution in [3.63, 3.8) is 0 Å². The van der Waals surface area contributed by atoms with Crippen LogP contribution >= 0.6 is 0 Å². The fourth-order valence-electron chi connectivity index (χ4n) is 3.71. The molecule has 0 radical (unpaired) electrons. The highest BCUT2D eigenvalue weighted by Crippen LogP contribution is 2.37. The van der Waals surface area contributed by atoms with Crippen molar-refractivity contribution in [1.82, 2.24) is 15.1 Å². The van der Waals surface area contributed by atoms with Gasteiger partial charge in [0.25, 0.3) is 5.95 Å². The zero-order chi connectivity index (χ0) is 25.2. The molecule has 3 aromatic rings. The largest absolute Gasteiger partial charge is 0.490 e. The van der Waals surface area contributed by atoms with Gasteiger partial charge in [0.05, 0.1) is 17.7 Å². The second-order valence-electron chi connectivity index (χ2n) is 8.62. The maximum Gasteiger partial charge on any atom is 0.266 e. The third kappa shape index (κ3) is 5.64. The van der Waals surface area contributed by atoms with Crippen molar-refractivity contribution in [3.8, 4) is 11.5 Å². The summed E-state index contributed by atoms with van der Waals surface area (Å²) in [4.78, 5) is 10.7. The quantitative estimate of drug-likeness (QED) is 0.482. The van der Waals surface area contributed by atoms with Gasteiger partial charge in [-0.15, -0.1) is 0 Å². The van der Waals surface area contributed by atoms with E-state index in [1.165, 1.54) is 25.4 Å². The molecule has 3 heterocycles. The van der Waals surface area contributed by atoms with Crippen LogP contribution in [0.2, 0.25) is 0 Å². The maximum absolute atomic E-state index is 14.5. The molecule has 1 aromatic carbocycles. The van der Waals surface area contributed by atoms with Crippen LogP contribution in [0.5, 0.6) is 11.5 Å². The molecule has 0 amide bonds. The standard InChI is InChI=1S/C23H28FN5O5S/c1-14(2)22-27-23(28-34-22)29-11-8-15(9-12-29)33-19-7-10-25-21(20(19)32-3)26-18-6-5-16(13-17(18)24)35(4,30)31/h5-7,10,13-15H,8-9,11-12H2,1-4H3,(H,25,26). The van der Waals surface area contributed by atoms with E-state index in [0.717, 1.165) is 25.2 Å². The van der Waals surface area contributed by atoms with Gasteiger partial charge in [0, 0.05) is 50.4 Å². The monoisotopic (exact) mass is 505 g/mol. The number of ether oxygens (including phenoxy) is 2. The first-order chi connectivity index (χ1) is 16.7. The smallest absolute Gasteiger partial charge is 0.266 e. The van der Waals surface area contributed by atoms with Crippen LogP contribution in [0.4, 0.5) is 21.8 Å². The lowest BCUT2D eigenvalue weighted by molar-refractivity contribution is 0.164. The van der Waals surface area contributed by atoms with Gasteiger partial charge < -0.3 is 24.2 Å². The van der Waals surface area contributed by atoms with Crippen molar-refractivity contribution in [2.45, 2.75) is 43.6 Å². The molecule has 1 saturated heterocycles. The number of pyridine rings is 1. The molecule has 0 saturated carbocycles. The van der Waals surface area contributed by atoms with Crippen LogP contribution in [0, 0.1) is 5.82 Å². The van der Waals surface area contributed by atoms with Gasteiger partial charge in [-0.2, -0.15) is 4.98 Å². The Labute approximate surface area is 203 Å². The number of aromatic nitrogens is 3. The van der Waals surface area contributed by atoms with E-state index in [2.05, 4.69) is 25.3 Å². The Kier molecular flexibility index (Phi) is 7.10. The summed E-state index contributed by atoms with van der Waals surface area (Å²) in [6.07, 6.45) is 3.96. The average molecular weight is 506 g/mol. The molecule has 12 heteroatoms. The molecule has 0 unspecified atom stereocenters. The molecule has 1 N–H and O–H groups in total. The summed E-state index contributed by atoms with van der Waals surface area (Å²) in [6.45, 7) is 5.42. The molecule has 2 aromatic heterocycles. The van der Waals surface area contributed by atoms with E-state index in [1.54, 1.807) is 6.07 Å². The minimum Gasteiger partial charge on any atom is -0.490 e. The number of hydrogen-bond acceptors (Lipinski definition) is 10. The number of sulfone groups is 1. The number of hydrogen-bond donors (Lipinski definition) is 1. The van der Waals surface area contributed by atoms with E-state index < -0.39 is 15.7 Å². The van der Waals surface area contributed by atoms with E-state index in [4.69, 9.17) is 14.0 Å². The van der Waals surface area contributed by atoms with Crippen molar-refractivity contribution in [3.05, 3.63) is 42.2 Å². The number of piperidine rings is 1. The summed E-state index contributed by atoms with van der Waals surface area (Å²) in [5.74, 6) is 1.69. The first-order valence-electron chi connectivity index (χ1n) is 11.2. The lowest BCUT2D eigenvalue weighted by Crippen LogP contribution is -2.38. The number of anilines is 3. The first-order valence-corrected chi connectivity index (χ1v) is 13.1. The second kappa shape index (κ2) is 10.1. The normalized spacial score (nSPS) is 14.9. The van der Waals surface area contributed by atoms with Crippen LogP contribution in [0.25, 0.3) is 0 Å². The second-order valence-corrected chi connectivity index (χ2v) is 10.6. The van der Waals surface area contributed by atoms with Crippen molar-refractivity contribution in [2.75, 3.05) is 36.7 Å². The van der Waals surface area contributed by atoms with Crippen molar-refractivity contribution < 1.29 is 26.8 Å². The molecule has 1 aliphatic heterocycles. The Bertz CT molecular complexity index is 1290. The minimum atomic E-state index is -3.52. The fourth-order valence-corrected chi connectivity index (χ4v) is 4.34. The Morgan fingerprint density at radius 1 is 1.23 bits per heavy atom. The Morgan fingerprint density at radius 2 is 1.97 bits per heavy atom. The van der Waals surface area contributed by atoms with E-state index in [1.807, 2.05) is 13.8 Å². The van der Waals surface area contributed by atoms with Gasteiger partial charge in [0.2, 0.25) is 11.6 Å². The van der Waals surface area contributed by atoms with Crippen LogP contribution < -0.4 is 19.7 Å². The Hall–Kier alpha value is -3.41. The van der Waals surface area contributed by atoms with Gasteiger partial charge in [0.15, 0.2) is 21.4 Å². The summed E-state index contributed by atoms with van der Waals surface area (Å²) in [5.41, 5.74) is 0.0644. The highest BCUT2D eigenvalue weighted by atomic mass is 32.2. The average Bonchev–Trinajstić information content (AvgIpc) is 3.31. The SMILES string of the molecule is COc1c(OC2CCN(c3noc(C(C)C)n3)CC2)ccnc1Nc1ccc(S(C)(=O)=O)cc1F. The van der Waals surface area contributed by atoms with Crippen LogP contribution in [0.15, 0.2) is 39.9 Å². The minimum absolute atomic E-state index is 0.0644. The van der Waals surface area contributed by atoms with Crippen LogP contribution in [-0.4, -0.2) is 56.1 Å². The predicted octanol–water partition coefficient (Wildman–Crippen LogP) is 3.93. The van der Waals surface area contributed by atoms with E-state index in [-0.39, 0.29) is 28.4 Å². The molecule has 188 valence electrons. The van der Waals surface area contributed by atoms with Gasteiger partial charge in [0.1, 0.15) is 11.9 Å². The summed E-state index contributed by atoms with van der Waals surface area (Å²) >= 11 is 0. The van der Waals surface area contributed by atoms with Crippen molar-refractivity contribution in [1.29, 1.82) is 0 Å². The molecule has 0 bridgehead atoms. The van der Waals surface area contributed by atoms with E-state index in [0.29, 0.717) is 36.4 Å². The van der Waals surface area contributed by atoms with Gasteiger partial charge in [-0.25, -0.2) is 17.8 Å². The maximum atomic E-state index is 14.5. The Balaban J connectivity index is 1.44. The number of halogens is 1. The molecule has 1 aliphatic rings. The highest BCUT2D eigenvalue weighted by Gasteiger charge is 2.26. The lowest BCUT2D eigenvalue weighted by atomic mass is 10.1. The molecule has 35 heavy (non-hydrogen) atoms. The zero-order valence-corrected chi connectivity index (χ0v) is 20.8. The van der Waals surface area contributed by atoms with E-state index >= 15 is 0 Å². The summed E-state index contributed by atoms with van der Waals surface area (Å²) in [7, 11) is -2.04.